The number of benzene rings is 1. The molecule has 0 heterocycles. The Bertz CT molecular complexity index is 458. The van der Waals surface area contributed by atoms with E-state index < -0.39 is 11.9 Å². The summed E-state index contributed by atoms with van der Waals surface area (Å²) >= 11 is 0. The summed E-state index contributed by atoms with van der Waals surface area (Å²) in [6, 6.07) is 6.08. The van der Waals surface area contributed by atoms with Crippen LogP contribution in [0.25, 0.3) is 0 Å². The molecule has 0 aliphatic heterocycles. The van der Waals surface area contributed by atoms with Crippen LogP contribution in [0.1, 0.15) is 12.0 Å². The molecule has 5 heteroatoms. The fraction of sp³-hybridized carbons (Fsp3) is 0.385. The number of nitrogens with one attached hydrogen (secondary N) is 1. The normalized spacial score (nSPS) is 21.4. The van der Waals surface area contributed by atoms with Gasteiger partial charge in [0.25, 0.3) is 0 Å². The van der Waals surface area contributed by atoms with Crippen molar-refractivity contribution >= 4 is 11.9 Å². The smallest absolute Gasteiger partial charge is 0.307 e. The predicted octanol–water partition coefficient (Wildman–Crippen LogP) is 1.21. The quantitative estimate of drug-likeness (QED) is 0.826. The monoisotopic (exact) mass is 251 g/mol. The standard InChI is InChI=1S/C13H14FNO3/c14-9-3-1-8(2-4-9)5-6-15-12(16)10-7-11(10)13(17)18/h1-4,10-11H,5-7H2,(H,15,16)(H,17,18). The van der Waals surface area contributed by atoms with Crippen LogP contribution in [-0.4, -0.2) is 23.5 Å². The molecule has 1 saturated carbocycles. The van der Waals surface area contributed by atoms with Crippen molar-refractivity contribution in [3.63, 3.8) is 0 Å². The number of carbonyl (C=O) groups is 2. The highest BCUT2D eigenvalue weighted by molar-refractivity contribution is 5.89. The van der Waals surface area contributed by atoms with Crippen molar-refractivity contribution in [3.8, 4) is 0 Å². The molecule has 0 aromatic heterocycles. The van der Waals surface area contributed by atoms with Crippen LogP contribution < -0.4 is 5.32 Å². The van der Waals surface area contributed by atoms with Gasteiger partial charge in [0.1, 0.15) is 5.82 Å². The SMILES string of the molecule is O=C(O)C1CC1C(=O)NCCc1ccc(F)cc1. The predicted molar refractivity (Wildman–Crippen MR) is 62.3 cm³/mol. The van der Waals surface area contributed by atoms with Crippen LogP contribution in [0.5, 0.6) is 0 Å². The fourth-order valence-corrected chi connectivity index (χ4v) is 1.87. The molecule has 1 aliphatic carbocycles. The summed E-state index contributed by atoms with van der Waals surface area (Å²) < 4.78 is 12.6. The van der Waals surface area contributed by atoms with E-state index in [0.29, 0.717) is 19.4 Å². The van der Waals surface area contributed by atoms with Gasteiger partial charge in [-0.05, 0) is 30.5 Å². The number of carboxylic acids is 1. The van der Waals surface area contributed by atoms with E-state index in [1.165, 1.54) is 12.1 Å². The summed E-state index contributed by atoms with van der Waals surface area (Å²) in [5, 5.41) is 11.4. The Kier molecular flexibility index (Phi) is 3.60. The van der Waals surface area contributed by atoms with Gasteiger partial charge in [0, 0.05) is 6.54 Å². The maximum atomic E-state index is 12.6. The average molecular weight is 251 g/mol. The Hall–Kier alpha value is -1.91. The number of halogens is 1. The third kappa shape index (κ3) is 3.06. The fourth-order valence-electron chi connectivity index (χ4n) is 1.87. The molecule has 1 aromatic rings. The van der Waals surface area contributed by atoms with E-state index >= 15 is 0 Å². The van der Waals surface area contributed by atoms with Crippen LogP contribution >= 0.6 is 0 Å². The van der Waals surface area contributed by atoms with E-state index in [1.807, 2.05) is 0 Å². The number of amides is 1. The molecule has 1 aromatic carbocycles. The number of aliphatic carboxylic acids is 1. The number of carboxylic acid groups (broad SMARTS) is 1. The van der Waals surface area contributed by atoms with Crippen LogP contribution in [-0.2, 0) is 16.0 Å². The zero-order valence-electron chi connectivity index (χ0n) is 9.73. The van der Waals surface area contributed by atoms with Gasteiger partial charge in [-0.3, -0.25) is 9.59 Å². The first kappa shape index (κ1) is 12.5. The largest absolute Gasteiger partial charge is 0.481 e. The third-order valence-electron chi connectivity index (χ3n) is 3.07. The van der Waals surface area contributed by atoms with Crippen LogP contribution in [0.3, 0.4) is 0 Å². The van der Waals surface area contributed by atoms with Gasteiger partial charge >= 0.3 is 5.97 Å². The maximum absolute atomic E-state index is 12.6. The number of hydrogen-bond acceptors (Lipinski definition) is 2. The van der Waals surface area contributed by atoms with Gasteiger partial charge in [-0.1, -0.05) is 12.1 Å². The Morgan fingerprint density at radius 1 is 1.28 bits per heavy atom. The second-order valence-electron chi connectivity index (χ2n) is 4.45. The summed E-state index contributed by atoms with van der Waals surface area (Å²) in [5.74, 6) is -2.30. The molecular weight excluding hydrogens is 237 g/mol. The van der Waals surface area contributed by atoms with E-state index in [2.05, 4.69) is 5.32 Å². The third-order valence-corrected chi connectivity index (χ3v) is 3.07. The molecule has 2 unspecified atom stereocenters. The van der Waals surface area contributed by atoms with Crippen LogP contribution in [0, 0.1) is 17.7 Å². The lowest BCUT2D eigenvalue weighted by molar-refractivity contribution is -0.140. The zero-order valence-corrected chi connectivity index (χ0v) is 9.73. The Morgan fingerprint density at radius 2 is 1.94 bits per heavy atom. The Labute approximate surface area is 104 Å². The van der Waals surface area contributed by atoms with Gasteiger partial charge in [0.2, 0.25) is 5.91 Å². The van der Waals surface area contributed by atoms with Gasteiger partial charge in [-0.25, -0.2) is 4.39 Å². The molecule has 4 nitrogen and oxygen atoms in total. The van der Waals surface area contributed by atoms with Crippen molar-refractivity contribution in [1.29, 1.82) is 0 Å². The maximum Gasteiger partial charge on any atom is 0.307 e. The number of rotatable bonds is 5. The van der Waals surface area contributed by atoms with E-state index in [4.69, 9.17) is 5.11 Å². The van der Waals surface area contributed by atoms with E-state index in [9.17, 15) is 14.0 Å². The first-order valence-corrected chi connectivity index (χ1v) is 5.83. The lowest BCUT2D eigenvalue weighted by atomic mass is 10.1. The lowest BCUT2D eigenvalue weighted by Crippen LogP contribution is -2.28. The summed E-state index contributed by atoms with van der Waals surface area (Å²) in [4.78, 5) is 22.1. The van der Waals surface area contributed by atoms with Gasteiger partial charge in [0.15, 0.2) is 0 Å². The highest BCUT2D eigenvalue weighted by Gasteiger charge is 2.48. The Morgan fingerprint density at radius 3 is 2.50 bits per heavy atom. The lowest BCUT2D eigenvalue weighted by Gasteiger charge is -2.04. The summed E-state index contributed by atoms with van der Waals surface area (Å²) in [6.07, 6.45) is 1.04. The molecular formula is C13H14FNO3. The van der Waals surface area contributed by atoms with Crippen molar-refractivity contribution in [2.75, 3.05) is 6.54 Å². The molecule has 2 rings (SSSR count). The molecule has 1 fully saturated rings. The molecule has 0 bridgehead atoms. The Balaban J connectivity index is 1.71. The average Bonchev–Trinajstić information content (AvgIpc) is 3.11. The molecule has 1 amide bonds. The van der Waals surface area contributed by atoms with Crippen molar-refractivity contribution in [3.05, 3.63) is 35.6 Å². The molecule has 0 spiro atoms. The number of hydrogen-bond donors (Lipinski definition) is 2. The van der Waals surface area contributed by atoms with Crippen molar-refractivity contribution < 1.29 is 19.1 Å². The molecule has 0 radical (unpaired) electrons. The van der Waals surface area contributed by atoms with E-state index in [0.717, 1.165) is 5.56 Å². The zero-order chi connectivity index (χ0) is 13.1. The van der Waals surface area contributed by atoms with Gasteiger partial charge < -0.3 is 10.4 Å². The van der Waals surface area contributed by atoms with Crippen molar-refractivity contribution in [1.82, 2.24) is 5.32 Å². The summed E-state index contributed by atoms with van der Waals surface area (Å²) in [7, 11) is 0. The van der Waals surface area contributed by atoms with Crippen molar-refractivity contribution in [2.45, 2.75) is 12.8 Å². The highest BCUT2D eigenvalue weighted by atomic mass is 19.1. The minimum absolute atomic E-state index is 0.204. The molecule has 2 atom stereocenters. The van der Waals surface area contributed by atoms with Crippen LogP contribution in [0.15, 0.2) is 24.3 Å². The molecule has 1 aliphatic rings. The van der Waals surface area contributed by atoms with E-state index in [1.54, 1.807) is 12.1 Å². The van der Waals surface area contributed by atoms with Gasteiger partial charge in [0.05, 0.1) is 11.8 Å². The van der Waals surface area contributed by atoms with Gasteiger partial charge in [-0.15, -0.1) is 0 Å². The number of carbonyl (C=O) groups excluding carboxylic acids is 1. The second kappa shape index (κ2) is 5.16. The van der Waals surface area contributed by atoms with E-state index in [-0.39, 0.29) is 17.6 Å². The first-order valence-electron chi connectivity index (χ1n) is 5.83. The topological polar surface area (TPSA) is 66.4 Å². The minimum atomic E-state index is -0.909. The molecule has 96 valence electrons. The highest BCUT2D eigenvalue weighted by Crippen LogP contribution is 2.38. The summed E-state index contributed by atoms with van der Waals surface area (Å²) in [6.45, 7) is 0.438. The molecule has 2 N–H and O–H groups in total. The molecule has 0 saturated heterocycles. The van der Waals surface area contributed by atoms with Crippen LogP contribution in [0.2, 0.25) is 0 Å². The van der Waals surface area contributed by atoms with Crippen molar-refractivity contribution in [2.24, 2.45) is 11.8 Å². The summed E-state index contributed by atoms with van der Waals surface area (Å²) in [5.41, 5.74) is 0.933. The minimum Gasteiger partial charge on any atom is -0.481 e. The second-order valence-corrected chi connectivity index (χ2v) is 4.45. The van der Waals surface area contributed by atoms with Gasteiger partial charge in [-0.2, -0.15) is 0 Å². The van der Waals surface area contributed by atoms with Crippen LogP contribution in [0.4, 0.5) is 4.39 Å². The molecule has 18 heavy (non-hydrogen) atoms. The first-order chi connectivity index (χ1) is 8.58.